The van der Waals surface area contributed by atoms with Gasteiger partial charge >= 0.3 is 206 Å². The first-order chi connectivity index (χ1) is 8.51. The summed E-state index contributed by atoms with van der Waals surface area (Å²) in [5.74, 6) is -7.01. The molecule has 0 spiro atoms. The maximum Gasteiger partial charge on any atom is 1.00 e. The molecule has 1 atom stereocenters. The van der Waals surface area contributed by atoms with Gasteiger partial charge in [-0.1, -0.05) is 0 Å². The van der Waals surface area contributed by atoms with Crippen molar-refractivity contribution in [3.8, 4) is 0 Å². The number of carbonyl (C=O) groups is 2. The van der Waals surface area contributed by atoms with E-state index in [0.717, 1.165) is 0 Å². The zero-order valence-corrected chi connectivity index (χ0v) is 27.6. The summed E-state index contributed by atoms with van der Waals surface area (Å²) in [7, 11) is -20.3. The number of aliphatic carboxylic acids is 2. The zero-order chi connectivity index (χ0) is 16.7. The molecule has 0 aromatic carbocycles. The maximum absolute atomic E-state index is 10.7. The Morgan fingerprint density at radius 1 is 0.792 bits per heavy atom. The van der Waals surface area contributed by atoms with Crippen molar-refractivity contribution < 1.29 is 264 Å². The van der Waals surface area contributed by atoms with Gasteiger partial charge in [-0.25, -0.2) is 16.8 Å². The SMILES string of the molecule is O=C([O-])C(C(C(=O)[O-])(S(=O)(=O)[O-])S(=O)(=O)[O-])S(=O)(=O)O.[K+].[K+].[K+].[K+]. The van der Waals surface area contributed by atoms with E-state index in [1.807, 2.05) is 0 Å². The van der Waals surface area contributed by atoms with E-state index in [-0.39, 0.29) is 206 Å². The van der Waals surface area contributed by atoms with Gasteiger partial charge in [-0.15, -0.1) is 0 Å². The van der Waals surface area contributed by atoms with Crippen LogP contribution in [-0.4, -0.2) is 60.2 Å². The van der Waals surface area contributed by atoms with Gasteiger partial charge in [0.1, 0.15) is 20.2 Å². The smallest absolute Gasteiger partial charge is 0.746 e. The van der Waals surface area contributed by atoms with Gasteiger partial charge in [-0.2, -0.15) is 8.42 Å². The van der Waals surface area contributed by atoms with Gasteiger partial charge in [0.2, 0.25) is 4.08 Å². The Morgan fingerprint density at radius 2 is 1.04 bits per heavy atom. The Labute approximate surface area is 306 Å². The van der Waals surface area contributed by atoms with E-state index in [4.69, 9.17) is 4.55 Å². The van der Waals surface area contributed by atoms with Gasteiger partial charge < -0.3 is 28.9 Å². The predicted octanol–water partition coefficient (Wildman–Crippen LogP) is -18.5. The van der Waals surface area contributed by atoms with E-state index in [1.54, 1.807) is 0 Å². The fourth-order valence-electron chi connectivity index (χ4n) is 1.17. The van der Waals surface area contributed by atoms with Crippen molar-refractivity contribution in [2.75, 3.05) is 0 Å². The van der Waals surface area contributed by atoms with Crippen LogP contribution in [0.2, 0.25) is 0 Å². The van der Waals surface area contributed by atoms with Crippen LogP contribution >= 0.6 is 0 Å². The largest absolute Gasteiger partial charge is 1.00 e. The van der Waals surface area contributed by atoms with Gasteiger partial charge in [-0.05, 0) is 0 Å². The molecule has 13 nitrogen and oxygen atoms in total. The van der Waals surface area contributed by atoms with Gasteiger partial charge in [0.25, 0.3) is 10.1 Å². The minimum Gasteiger partial charge on any atom is -0.746 e. The summed E-state index contributed by atoms with van der Waals surface area (Å²) in [5, 5.41) is 16.6. The topological polar surface area (TPSA) is 249 Å². The van der Waals surface area contributed by atoms with E-state index in [0.29, 0.717) is 0 Å². The molecule has 1 N–H and O–H groups in total. The van der Waals surface area contributed by atoms with E-state index in [1.165, 1.54) is 0 Å². The van der Waals surface area contributed by atoms with Crippen molar-refractivity contribution in [1.82, 2.24) is 0 Å². The number of carboxylic acid groups (broad SMARTS) is 2. The van der Waals surface area contributed by atoms with Crippen molar-refractivity contribution in [2.45, 2.75) is 9.33 Å². The third-order valence-electron chi connectivity index (χ3n) is 1.88. The number of rotatable bonds is 6. The Balaban J connectivity index is -0.000000301. The van der Waals surface area contributed by atoms with Crippen LogP contribution < -0.4 is 216 Å². The van der Waals surface area contributed by atoms with E-state index >= 15 is 0 Å². The number of carbonyl (C=O) groups excluding carboxylic acids is 2. The number of carboxylic acids is 2. The van der Waals surface area contributed by atoms with Crippen LogP contribution in [0.3, 0.4) is 0 Å². The maximum atomic E-state index is 10.7. The molecule has 0 bridgehead atoms. The van der Waals surface area contributed by atoms with Crippen molar-refractivity contribution in [2.24, 2.45) is 0 Å². The number of hydrogen-bond acceptors (Lipinski definition) is 12. The molecule has 20 heteroatoms. The molecule has 24 heavy (non-hydrogen) atoms. The number of hydrogen-bond donors (Lipinski definition) is 1. The van der Waals surface area contributed by atoms with E-state index in [9.17, 15) is 54.2 Å². The summed E-state index contributed by atoms with van der Waals surface area (Å²) >= 11 is 0. The fourth-order valence-corrected chi connectivity index (χ4v) is 5.46. The van der Waals surface area contributed by atoms with Crippen LogP contribution in [0.4, 0.5) is 0 Å². The molecule has 1 unspecified atom stereocenters. The van der Waals surface area contributed by atoms with Crippen molar-refractivity contribution in [3.63, 3.8) is 0 Å². The normalized spacial score (nSPS) is 13.0. The molecule has 0 fully saturated rings. The Morgan fingerprint density at radius 3 is 1.08 bits per heavy atom. The van der Waals surface area contributed by atoms with Crippen molar-refractivity contribution in [1.29, 1.82) is 0 Å². The Kier molecular flexibility index (Phi) is 23.6. The monoisotopic (exact) mass is 510 g/mol. The molecule has 118 valence electrons. The third-order valence-corrected chi connectivity index (χ3v) is 6.84. The molecule has 0 saturated carbocycles. The van der Waals surface area contributed by atoms with Crippen LogP contribution in [0.1, 0.15) is 0 Å². The molecule has 0 heterocycles. The average Bonchev–Trinajstić information content (AvgIpc) is 2.05. The molecule has 0 amide bonds. The minimum absolute atomic E-state index is 0. The van der Waals surface area contributed by atoms with Gasteiger partial charge in [-0.3, -0.25) is 4.55 Å². The fraction of sp³-hybridized carbons (Fsp3) is 0.500. The minimum atomic E-state index is -6.98. The Bertz CT molecular complexity index is 719. The molecule has 0 aliphatic carbocycles. The summed E-state index contributed by atoms with van der Waals surface area (Å²) in [4.78, 5) is 21.0. The molecule has 0 radical (unpaired) electrons. The Hall–Kier alpha value is 5.22. The molecule has 0 saturated heterocycles. The van der Waals surface area contributed by atoms with E-state index < -0.39 is 51.6 Å². The second-order valence-electron chi connectivity index (χ2n) is 3.08. The first-order valence-corrected chi connectivity index (χ1v) is 8.12. The molecule has 0 aromatic rings. The average molecular weight is 511 g/mol. The summed E-state index contributed by atoms with van der Waals surface area (Å²) in [6, 6.07) is 0. The van der Waals surface area contributed by atoms with E-state index in [2.05, 4.69) is 0 Å². The molecule has 0 aliphatic rings. The molecular formula is C4H2K4O13S3. The zero-order valence-electron chi connectivity index (χ0n) is 12.6. The molecule has 0 aromatic heterocycles. The summed E-state index contributed by atoms with van der Waals surface area (Å²) in [5.41, 5.74) is 0. The first-order valence-electron chi connectivity index (χ1n) is 3.80. The van der Waals surface area contributed by atoms with Crippen molar-refractivity contribution >= 4 is 42.3 Å². The molecule has 0 aliphatic heterocycles. The van der Waals surface area contributed by atoms with Crippen LogP contribution in [0, 0.1) is 0 Å². The van der Waals surface area contributed by atoms with Crippen LogP contribution in [0.5, 0.6) is 0 Å². The van der Waals surface area contributed by atoms with Crippen LogP contribution in [0.25, 0.3) is 0 Å². The standard InChI is InChI=1S/C4H6O13S3.4K/c5-2(6)1(18(9,10)11)4(3(7)8,19(12,13)14)20(15,16)17;;;;/h1H,(H,5,6)(H,7,8)(H,9,10,11)(H,12,13,14)(H,15,16,17);;;;/q;4*+1/p-4. The summed E-state index contributed by atoms with van der Waals surface area (Å²) in [6.07, 6.45) is 0. The second kappa shape index (κ2) is 14.3. The van der Waals surface area contributed by atoms with Crippen LogP contribution in [0.15, 0.2) is 0 Å². The second-order valence-corrected chi connectivity index (χ2v) is 7.94. The van der Waals surface area contributed by atoms with Gasteiger partial charge in [0, 0.05) is 0 Å². The summed E-state index contributed by atoms with van der Waals surface area (Å²) in [6.45, 7) is 0. The van der Waals surface area contributed by atoms with Gasteiger partial charge in [0.05, 0.1) is 11.9 Å². The quantitative estimate of drug-likeness (QED) is 0.257. The molecular weight excluding hydrogens is 509 g/mol. The van der Waals surface area contributed by atoms with Crippen LogP contribution in [-0.2, 0) is 39.9 Å². The predicted molar refractivity (Wildman–Crippen MR) is 47.5 cm³/mol. The first kappa shape index (κ1) is 39.7. The van der Waals surface area contributed by atoms with Crippen molar-refractivity contribution in [3.05, 3.63) is 0 Å². The molecule has 0 rings (SSSR count). The summed E-state index contributed by atoms with van der Waals surface area (Å²) < 4.78 is 88.4. The third kappa shape index (κ3) is 9.15. The van der Waals surface area contributed by atoms with Gasteiger partial charge in [0.15, 0.2) is 5.25 Å².